The number of aliphatic hydroxyl groups is 3. The van der Waals surface area contributed by atoms with Crippen LogP contribution < -0.4 is 0 Å². The number of unbranched alkanes of at least 4 members (excludes halogenated alkanes) is 15. The maximum Gasteiger partial charge on any atom is 0.133 e. The second kappa shape index (κ2) is 27.3. The van der Waals surface area contributed by atoms with E-state index in [0.29, 0.717) is 6.42 Å². The second-order valence-corrected chi connectivity index (χ2v) is 8.86. The van der Waals surface area contributed by atoms with Crippen molar-refractivity contribution in [1.29, 1.82) is 0 Å². The Morgan fingerprint density at radius 3 is 1.59 bits per heavy atom. The standard InChI is InChI=1S/C31H48O3/c1-2-30(33)26-22-19-17-15-13-11-9-7-5-3-4-6-8-10-12-14-16-18-20-23-27-31(34)28-24-21-25-29-32/h1,4,6,22,26,30-34H,3,5,7-20,23,27,29H2. The Morgan fingerprint density at radius 2 is 1.09 bits per heavy atom. The average Bonchev–Trinajstić information content (AvgIpc) is 2.84. The van der Waals surface area contributed by atoms with Gasteiger partial charge in [-0.1, -0.05) is 100 Å². The van der Waals surface area contributed by atoms with Crippen LogP contribution in [0.1, 0.15) is 116 Å². The molecular formula is C31H48O3. The molecule has 0 spiro atoms. The summed E-state index contributed by atoms with van der Waals surface area (Å²) >= 11 is 0. The largest absolute Gasteiger partial charge is 0.384 e. The maximum atomic E-state index is 9.70. The summed E-state index contributed by atoms with van der Waals surface area (Å²) < 4.78 is 0. The third-order valence-electron chi connectivity index (χ3n) is 5.71. The summed E-state index contributed by atoms with van der Waals surface area (Å²) in [5.74, 6) is 12.5. The van der Waals surface area contributed by atoms with E-state index in [-0.39, 0.29) is 6.61 Å². The Hall–Kier alpha value is -1.96. The first-order chi connectivity index (χ1) is 16.7. The van der Waals surface area contributed by atoms with Crippen molar-refractivity contribution in [3.05, 3.63) is 24.3 Å². The van der Waals surface area contributed by atoms with Crippen molar-refractivity contribution in [2.24, 2.45) is 0 Å². The van der Waals surface area contributed by atoms with Gasteiger partial charge in [0.15, 0.2) is 0 Å². The van der Waals surface area contributed by atoms with Crippen molar-refractivity contribution < 1.29 is 15.3 Å². The smallest absolute Gasteiger partial charge is 0.133 e. The first-order valence-electron chi connectivity index (χ1n) is 13.4. The minimum absolute atomic E-state index is 0.189. The SMILES string of the molecule is C#CC(O)C=CCCCCCCCCCC=CCCCCCCCCCC(O)C#CC#CCO. The van der Waals surface area contributed by atoms with E-state index in [9.17, 15) is 10.2 Å². The Kier molecular flexibility index (Phi) is 25.7. The molecule has 34 heavy (non-hydrogen) atoms. The van der Waals surface area contributed by atoms with Gasteiger partial charge in [0.25, 0.3) is 0 Å². The fourth-order valence-electron chi connectivity index (χ4n) is 3.68. The van der Waals surface area contributed by atoms with E-state index in [0.717, 1.165) is 19.3 Å². The second-order valence-electron chi connectivity index (χ2n) is 8.86. The molecule has 0 rings (SSSR count). The van der Waals surface area contributed by atoms with Crippen LogP contribution in [0.4, 0.5) is 0 Å². The average molecular weight is 469 g/mol. The van der Waals surface area contributed by atoms with E-state index in [1.54, 1.807) is 6.08 Å². The molecule has 0 aromatic carbocycles. The summed E-state index contributed by atoms with van der Waals surface area (Å²) in [5.41, 5.74) is 0. The number of rotatable bonds is 21. The van der Waals surface area contributed by atoms with E-state index < -0.39 is 12.2 Å². The molecule has 0 fully saturated rings. The summed E-state index contributed by atoms with van der Waals surface area (Å²) in [7, 11) is 0. The van der Waals surface area contributed by atoms with Crippen LogP contribution in [0.5, 0.6) is 0 Å². The summed E-state index contributed by atoms with van der Waals surface area (Å²) in [6.45, 7) is -0.189. The highest BCUT2D eigenvalue weighted by atomic mass is 16.3. The zero-order valence-electron chi connectivity index (χ0n) is 21.3. The fourth-order valence-corrected chi connectivity index (χ4v) is 3.68. The lowest BCUT2D eigenvalue weighted by atomic mass is 10.1. The van der Waals surface area contributed by atoms with Gasteiger partial charge in [-0.15, -0.1) is 6.42 Å². The quantitative estimate of drug-likeness (QED) is 0.103. The van der Waals surface area contributed by atoms with Gasteiger partial charge in [0, 0.05) is 0 Å². The van der Waals surface area contributed by atoms with E-state index in [4.69, 9.17) is 11.5 Å². The summed E-state index contributed by atoms with van der Waals surface area (Å²) in [4.78, 5) is 0. The van der Waals surface area contributed by atoms with Crippen LogP contribution in [0.25, 0.3) is 0 Å². The molecule has 2 atom stereocenters. The van der Waals surface area contributed by atoms with Gasteiger partial charge in [0.1, 0.15) is 18.8 Å². The summed E-state index contributed by atoms with van der Waals surface area (Å²) in [5, 5.41) is 27.4. The van der Waals surface area contributed by atoms with Crippen LogP contribution >= 0.6 is 0 Å². The van der Waals surface area contributed by atoms with Crippen LogP contribution in [0.2, 0.25) is 0 Å². The summed E-state index contributed by atoms with van der Waals surface area (Å²) in [6.07, 6.45) is 33.9. The van der Waals surface area contributed by atoms with E-state index in [1.165, 1.54) is 89.9 Å². The molecule has 0 heterocycles. The number of aliphatic hydroxyl groups excluding tert-OH is 3. The van der Waals surface area contributed by atoms with Crippen molar-refractivity contribution in [3.63, 3.8) is 0 Å². The maximum absolute atomic E-state index is 9.70. The van der Waals surface area contributed by atoms with Crippen molar-refractivity contribution in [3.8, 4) is 36.0 Å². The van der Waals surface area contributed by atoms with Crippen LogP contribution in [-0.4, -0.2) is 34.1 Å². The minimum atomic E-state index is -0.727. The Bertz CT molecular complexity index is 663. The molecule has 2 unspecified atom stereocenters. The van der Waals surface area contributed by atoms with Crippen molar-refractivity contribution >= 4 is 0 Å². The molecule has 0 amide bonds. The molecule has 0 aliphatic heterocycles. The monoisotopic (exact) mass is 468 g/mol. The van der Waals surface area contributed by atoms with Crippen LogP contribution in [0.3, 0.4) is 0 Å². The van der Waals surface area contributed by atoms with Gasteiger partial charge < -0.3 is 15.3 Å². The number of terminal acetylenes is 1. The Balaban J connectivity index is 3.28. The van der Waals surface area contributed by atoms with Crippen molar-refractivity contribution in [1.82, 2.24) is 0 Å². The lowest BCUT2D eigenvalue weighted by Crippen LogP contribution is -2.01. The highest BCUT2D eigenvalue weighted by Gasteiger charge is 1.98. The Morgan fingerprint density at radius 1 is 0.618 bits per heavy atom. The Labute approximate surface area is 210 Å². The van der Waals surface area contributed by atoms with Crippen molar-refractivity contribution in [2.45, 2.75) is 128 Å². The van der Waals surface area contributed by atoms with E-state index in [1.807, 2.05) is 6.08 Å². The first-order valence-corrected chi connectivity index (χ1v) is 13.4. The van der Waals surface area contributed by atoms with Crippen LogP contribution in [0, 0.1) is 36.0 Å². The third kappa shape index (κ3) is 26.3. The molecule has 3 N–H and O–H groups in total. The van der Waals surface area contributed by atoms with Gasteiger partial charge in [-0.3, -0.25) is 0 Å². The third-order valence-corrected chi connectivity index (χ3v) is 5.71. The number of hydrogen-bond acceptors (Lipinski definition) is 3. The molecule has 190 valence electrons. The molecule has 0 bridgehead atoms. The van der Waals surface area contributed by atoms with Gasteiger partial charge in [-0.25, -0.2) is 0 Å². The number of allylic oxidation sites excluding steroid dienone is 3. The molecule has 0 saturated heterocycles. The number of hydrogen-bond donors (Lipinski definition) is 3. The van der Waals surface area contributed by atoms with Crippen LogP contribution in [0.15, 0.2) is 24.3 Å². The van der Waals surface area contributed by atoms with Gasteiger partial charge in [0.2, 0.25) is 0 Å². The molecule has 0 aromatic rings. The van der Waals surface area contributed by atoms with Gasteiger partial charge in [-0.05, 0) is 69.3 Å². The van der Waals surface area contributed by atoms with Gasteiger partial charge in [0.05, 0.1) is 0 Å². The molecule has 0 aliphatic carbocycles. The zero-order chi connectivity index (χ0) is 25.0. The molecule has 3 heteroatoms. The van der Waals surface area contributed by atoms with E-state index >= 15 is 0 Å². The topological polar surface area (TPSA) is 60.7 Å². The predicted molar refractivity (Wildman–Crippen MR) is 145 cm³/mol. The highest BCUT2D eigenvalue weighted by Crippen LogP contribution is 2.12. The van der Waals surface area contributed by atoms with E-state index in [2.05, 4.69) is 41.8 Å². The molecular weight excluding hydrogens is 420 g/mol. The molecule has 0 saturated carbocycles. The lowest BCUT2D eigenvalue weighted by Gasteiger charge is -2.03. The van der Waals surface area contributed by atoms with Gasteiger partial charge in [-0.2, -0.15) is 0 Å². The minimum Gasteiger partial charge on any atom is -0.384 e. The predicted octanol–water partition coefficient (Wildman–Crippen LogP) is 6.47. The normalized spacial score (nSPS) is 12.6. The molecule has 3 nitrogen and oxygen atoms in total. The molecule has 0 aliphatic rings. The fraction of sp³-hybridized carbons (Fsp3) is 0.677. The first kappa shape index (κ1) is 32.0. The molecule has 0 radical (unpaired) electrons. The highest BCUT2D eigenvalue weighted by molar-refractivity contribution is 5.27. The van der Waals surface area contributed by atoms with Gasteiger partial charge >= 0.3 is 0 Å². The zero-order valence-corrected chi connectivity index (χ0v) is 21.3. The van der Waals surface area contributed by atoms with Crippen LogP contribution in [-0.2, 0) is 0 Å². The molecule has 0 aromatic heterocycles. The van der Waals surface area contributed by atoms with Crippen molar-refractivity contribution in [2.75, 3.05) is 6.61 Å². The summed E-state index contributed by atoms with van der Waals surface area (Å²) in [6, 6.07) is 0. The lowest BCUT2D eigenvalue weighted by molar-refractivity contribution is 0.217.